The van der Waals surface area contributed by atoms with Gasteiger partial charge < -0.3 is 15.4 Å². The van der Waals surface area contributed by atoms with Crippen LogP contribution in [0.3, 0.4) is 0 Å². The molecule has 6 heteroatoms. The van der Waals surface area contributed by atoms with E-state index in [0.29, 0.717) is 11.8 Å². The van der Waals surface area contributed by atoms with Crippen LogP contribution in [0.4, 0.5) is 23.1 Å². The van der Waals surface area contributed by atoms with Crippen molar-refractivity contribution in [2.45, 2.75) is 40.7 Å². The van der Waals surface area contributed by atoms with Gasteiger partial charge in [-0.3, -0.25) is 0 Å². The number of benzene rings is 2. The van der Waals surface area contributed by atoms with E-state index in [0.717, 1.165) is 28.3 Å². The van der Waals surface area contributed by atoms with Crippen LogP contribution in [0.25, 0.3) is 0 Å². The molecule has 1 aromatic heterocycles. The Balaban J connectivity index is 1.83. The Morgan fingerprint density at radius 3 is 2.37 bits per heavy atom. The number of aryl methyl sites for hydroxylation is 3. The average molecular weight is 363 g/mol. The Labute approximate surface area is 160 Å². The number of hydrogen-bond acceptors (Lipinski definition) is 6. The molecule has 0 radical (unpaired) electrons. The number of nitrogens with zero attached hydrogens (tertiary/aromatic N) is 3. The number of anilines is 4. The predicted octanol–water partition coefficient (Wildman–Crippen LogP) is 5.07. The van der Waals surface area contributed by atoms with Gasteiger partial charge in [0, 0.05) is 5.69 Å². The van der Waals surface area contributed by atoms with Crippen LogP contribution in [-0.4, -0.2) is 21.3 Å². The Bertz CT molecular complexity index is 916. The molecule has 2 aromatic carbocycles. The number of rotatable bonds is 6. The summed E-state index contributed by atoms with van der Waals surface area (Å²) in [5, 5.41) is 14.7. The summed E-state index contributed by atoms with van der Waals surface area (Å²) in [5.41, 5.74) is 5.40. The Morgan fingerprint density at radius 2 is 1.67 bits per heavy atom. The van der Waals surface area contributed by atoms with Crippen LogP contribution in [0.15, 0.2) is 42.6 Å². The third kappa shape index (κ3) is 4.73. The average Bonchev–Trinajstić information content (AvgIpc) is 2.60. The van der Waals surface area contributed by atoms with Crippen molar-refractivity contribution < 1.29 is 4.74 Å². The van der Waals surface area contributed by atoms with E-state index in [9.17, 15) is 0 Å². The van der Waals surface area contributed by atoms with E-state index < -0.39 is 0 Å². The second-order valence-electron chi connectivity index (χ2n) is 6.85. The minimum atomic E-state index is 0.0764. The van der Waals surface area contributed by atoms with Gasteiger partial charge in [-0.2, -0.15) is 10.1 Å². The van der Waals surface area contributed by atoms with E-state index in [1.807, 2.05) is 38.1 Å². The maximum atomic E-state index is 5.83. The van der Waals surface area contributed by atoms with Crippen LogP contribution in [0.2, 0.25) is 0 Å². The third-order valence-electron chi connectivity index (χ3n) is 3.99. The highest BCUT2D eigenvalue weighted by molar-refractivity contribution is 5.67. The van der Waals surface area contributed by atoms with Gasteiger partial charge in [0.25, 0.3) is 0 Å². The van der Waals surface area contributed by atoms with Crippen molar-refractivity contribution in [3.05, 3.63) is 59.3 Å². The van der Waals surface area contributed by atoms with Gasteiger partial charge in [-0.05, 0) is 57.9 Å². The van der Waals surface area contributed by atoms with Crippen molar-refractivity contribution in [1.29, 1.82) is 0 Å². The molecule has 27 heavy (non-hydrogen) atoms. The van der Waals surface area contributed by atoms with Crippen LogP contribution in [-0.2, 0) is 0 Å². The number of para-hydroxylation sites is 2. The first-order valence-electron chi connectivity index (χ1n) is 8.99. The molecule has 3 aromatic rings. The van der Waals surface area contributed by atoms with Crippen LogP contribution in [0.1, 0.15) is 30.5 Å². The van der Waals surface area contributed by atoms with Gasteiger partial charge >= 0.3 is 0 Å². The maximum absolute atomic E-state index is 5.83. The van der Waals surface area contributed by atoms with Crippen LogP contribution in [0.5, 0.6) is 5.75 Å². The molecule has 0 atom stereocenters. The van der Waals surface area contributed by atoms with E-state index in [2.05, 4.69) is 58.7 Å². The first-order valence-corrected chi connectivity index (χ1v) is 8.99. The minimum Gasteiger partial charge on any atom is -0.489 e. The highest BCUT2D eigenvalue weighted by atomic mass is 16.5. The lowest BCUT2D eigenvalue weighted by atomic mass is 10.1. The lowest BCUT2D eigenvalue weighted by Crippen LogP contribution is -2.08. The van der Waals surface area contributed by atoms with Crippen molar-refractivity contribution in [2.24, 2.45) is 0 Å². The summed E-state index contributed by atoms with van der Waals surface area (Å²) in [6, 6.07) is 12.0. The van der Waals surface area contributed by atoms with Crippen molar-refractivity contribution in [1.82, 2.24) is 15.2 Å². The van der Waals surface area contributed by atoms with E-state index >= 15 is 0 Å². The van der Waals surface area contributed by atoms with Crippen molar-refractivity contribution in [2.75, 3.05) is 10.6 Å². The first kappa shape index (κ1) is 18.6. The zero-order valence-electron chi connectivity index (χ0n) is 16.4. The van der Waals surface area contributed by atoms with Gasteiger partial charge in [0.2, 0.25) is 5.95 Å². The second-order valence-corrected chi connectivity index (χ2v) is 6.85. The molecule has 140 valence electrons. The van der Waals surface area contributed by atoms with Crippen molar-refractivity contribution in [3.8, 4) is 5.75 Å². The molecule has 2 N–H and O–H groups in total. The zero-order valence-corrected chi connectivity index (χ0v) is 16.4. The Hall–Kier alpha value is -3.15. The molecule has 0 bridgehead atoms. The van der Waals surface area contributed by atoms with E-state index in [4.69, 9.17) is 4.74 Å². The van der Waals surface area contributed by atoms with E-state index in [1.165, 1.54) is 5.56 Å². The van der Waals surface area contributed by atoms with Gasteiger partial charge in [-0.25, -0.2) is 0 Å². The standard InChI is InChI=1S/C21H25N5O/c1-13(2)27-18-9-7-6-8-17(18)23-21-25-19(12-22-26-21)24-20-15(4)10-14(3)11-16(20)5/h6-13H,1-5H3,(H2,23,24,25,26). The van der Waals surface area contributed by atoms with Crippen molar-refractivity contribution in [3.63, 3.8) is 0 Å². The molecule has 0 saturated carbocycles. The molecule has 0 saturated heterocycles. The monoisotopic (exact) mass is 363 g/mol. The largest absolute Gasteiger partial charge is 0.489 e. The molecule has 0 unspecified atom stereocenters. The molecule has 0 aliphatic heterocycles. The van der Waals surface area contributed by atoms with Crippen molar-refractivity contribution >= 4 is 23.1 Å². The molecular weight excluding hydrogens is 338 g/mol. The third-order valence-corrected chi connectivity index (χ3v) is 3.99. The molecule has 0 fully saturated rings. The summed E-state index contributed by atoms with van der Waals surface area (Å²) >= 11 is 0. The summed E-state index contributed by atoms with van der Waals surface area (Å²) < 4.78 is 5.83. The summed E-state index contributed by atoms with van der Waals surface area (Å²) in [6.07, 6.45) is 1.69. The van der Waals surface area contributed by atoms with Gasteiger partial charge in [-0.15, -0.1) is 5.10 Å². The van der Waals surface area contributed by atoms with Gasteiger partial charge in [0.15, 0.2) is 5.82 Å². The summed E-state index contributed by atoms with van der Waals surface area (Å²) in [5.74, 6) is 1.78. The van der Waals surface area contributed by atoms with Crippen LogP contribution >= 0.6 is 0 Å². The number of hydrogen-bond donors (Lipinski definition) is 2. The predicted molar refractivity (Wildman–Crippen MR) is 109 cm³/mol. The minimum absolute atomic E-state index is 0.0764. The number of ether oxygens (including phenoxy) is 1. The molecule has 0 aliphatic rings. The lowest BCUT2D eigenvalue weighted by Gasteiger charge is -2.15. The maximum Gasteiger partial charge on any atom is 0.249 e. The second kappa shape index (κ2) is 8.03. The highest BCUT2D eigenvalue weighted by Gasteiger charge is 2.09. The lowest BCUT2D eigenvalue weighted by molar-refractivity contribution is 0.244. The fourth-order valence-electron chi connectivity index (χ4n) is 2.97. The van der Waals surface area contributed by atoms with Gasteiger partial charge in [0.05, 0.1) is 18.0 Å². The number of nitrogens with one attached hydrogen (secondary N) is 2. The summed E-state index contributed by atoms with van der Waals surface area (Å²) in [4.78, 5) is 4.54. The molecule has 0 spiro atoms. The van der Waals surface area contributed by atoms with Gasteiger partial charge in [0.1, 0.15) is 5.75 Å². The molecule has 1 heterocycles. The quantitative estimate of drug-likeness (QED) is 0.637. The fourth-order valence-corrected chi connectivity index (χ4v) is 2.97. The van der Waals surface area contributed by atoms with Crippen LogP contribution in [0, 0.1) is 20.8 Å². The molecule has 3 rings (SSSR count). The Kier molecular flexibility index (Phi) is 5.54. The smallest absolute Gasteiger partial charge is 0.249 e. The van der Waals surface area contributed by atoms with Crippen LogP contribution < -0.4 is 15.4 Å². The first-order chi connectivity index (χ1) is 12.9. The van der Waals surface area contributed by atoms with E-state index in [-0.39, 0.29) is 6.10 Å². The molecule has 6 nitrogen and oxygen atoms in total. The molecule has 0 amide bonds. The SMILES string of the molecule is Cc1cc(C)c(Nc2cnnc(Nc3ccccc3OC(C)C)n2)c(C)c1. The molecular formula is C21H25N5O. The fraction of sp³-hybridized carbons (Fsp3) is 0.286. The highest BCUT2D eigenvalue weighted by Crippen LogP contribution is 2.28. The topological polar surface area (TPSA) is 72.0 Å². The van der Waals surface area contributed by atoms with Gasteiger partial charge in [-0.1, -0.05) is 29.8 Å². The molecule has 0 aliphatic carbocycles. The summed E-state index contributed by atoms with van der Waals surface area (Å²) in [6.45, 7) is 10.2. The number of aromatic nitrogens is 3. The normalized spacial score (nSPS) is 10.7. The zero-order chi connectivity index (χ0) is 19.4. The van der Waals surface area contributed by atoms with E-state index in [1.54, 1.807) is 6.20 Å². The Morgan fingerprint density at radius 1 is 0.963 bits per heavy atom. The summed E-state index contributed by atoms with van der Waals surface area (Å²) in [7, 11) is 0.